The monoisotopic (exact) mass is 280 g/mol. The zero-order valence-corrected chi connectivity index (χ0v) is 12.1. The summed E-state index contributed by atoms with van der Waals surface area (Å²) >= 11 is 0. The van der Waals surface area contributed by atoms with E-state index in [9.17, 15) is 14.7 Å². The van der Waals surface area contributed by atoms with E-state index in [2.05, 4.69) is 10.6 Å². The van der Waals surface area contributed by atoms with Crippen molar-refractivity contribution in [3.8, 4) is 0 Å². The van der Waals surface area contributed by atoms with Crippen LogP contribution >= 0.6 is 0 Å². The van der Waals surface area contributed by atoms with Crippen LogP contribution in [0.1, 0.15) is 45.4 Å². The molecule has 1 aliphatic carbocycles. The van der Waals surface area contributed by atoms with Crippen LogP contribution in [0, 0.1) is 5.41 Å². The fourth-order valence-electron chi connectivity index (χ4n) is 2.93. The second kappa shape index (κ2) is 6.39. The third kappa shape index (κ3) is 3.20. The summed E-state index contributed by atoms with van der Waals surface area (Å²) in [6, 6.07) is 0. The minimum Gasteiger partial charge on any atom is -0.481 e. The van der Waals surface area contributed by atoms with Gasteiger partial charge in [-0.1, -0.05) is 25.7 Å². The van der Waals surface area contributed by atoms with Crippen molar-refractivity contribution in [2.45, 2.75) is 45.4 Å². The van der Waals surface area contributed by atoms with Crippen LogP contribution in [-0.4, -0.2) is 36.6 Å². The van der Waals surface area contributed by atoms with Gasteiger partial charge in [0.05, 0.1) is 5.41 Å². The standard InChI is InChI=1S/C15H24N2O3/c1-11(12-8-16-9-12)13(18)17-10-15(14(19)20)6-4-2-3-5-7-15/h16H,2-10H2,1H3,(H,17,18)(H,19,20). The second-order valence-corrected chi connectivity index (χ2v) is 6.01. The summed E-state index contributed by atoms with van der Waals surface area (Å²) in [7, 11) is 0. The van der Waals surface area contributed by atoms with Crippen molar-refractivity contribution in [2.24, 2.45) is 5.41 Å². The summed E-state index contributed by atoms with van der Waals surface area (Å²) < 4.78 is 0. The number of carbonyl (C=O) groups is 2. The van der Waals surface area contributed by atoms with Gasteiger partial charge < -0.3 is 15.7 Å². The lowest BCUT2D eigenvalue weighted by molar-refractivity contribution is -0.149. The lowest BCUT2D eigenvalue weighted by Gasteiger charge is -2.29. The van der Waals surface area contributed by atoms with Crippen LogP contribution in [0.3, 0.4) is 0 Å². The average molecular weight is 280 g/mol. The van der Waals surface area contributed by atoms with Crippen molar-refractivity contribution in [1.29, 1.82) is 0 Å². The predicted octanol–water partition coefficient (Wildman–Crippen LogP) is 1.45. The molecule has 1 amide bonds. The van der Waals surface area contributed by atoms with Crippen molar-refractivity contribution in [3.63, 3.8) is 0 Å². The number of rotatable bonds is 4. The number of hydrogen-bond donors (Lipinski definition) is 3. The fourth-order valence-corrected chi connectivity index (χ4v) is 2.93. The summed E-state index contributed by atoms with van der Waals surface area (Å²) in [5.41, 5.74) is 1.08. The molecule has 1 saturated heterocycles. The molecule has 0 radical (unpaired) electrons. The van der Waals surface area contributed by atoms with Crippen LogP contribution in [0.4, 0.5) is 0 Å². The number of carboxylic acids is 1. The fraction of sp³-hybridized carbons (Fsp3) is 0.733. The predicted molar refractivity (Wildman–Crippen MR) is 76.4 cm³/mol. The van der Waals surface area contributed by atoms with Crippen molar-refractivity contribution in [2.75, 3.05) is 19.6 Å². The van der Waals surface area contributed by atoms with Gasteiger partial charge in [-0.2, -0.15) is 0 Å². The van der Waals surface area contributed by atoms with Crippen molar-refractivity contribution < 1.29 is 14.7 Å². The van der Waals surface area contributed by atoms with Gasteiger partial charge in [-0.3, -0.25) is 9.59 Å². The number of aliphatic carboxylic acids is 1. The molecule has 0 aromatic heterocycles. The molecule has 20 heavy (non-hydrogen) atoms. The molecule has 0 aromatic rings. The highest BCUT2D eigenvalue weighted by Crippen LogP contribution is 2.34. The number of hydrogen-bond acceptors (Lipinski definition) is 3. The second-order valence-electron chi connectivity index (χ2n) is 6.01. The molecule has 2 fully saturated rings. The molecule has 0 bridgehead atoms. The first-order valence-corrected chi connectivity index (χ1v) is 7.46. The summed E-state index contributed by atoms with van der Waals surface area (Å²) in [4.78, 5) is 23.7. The Bertz CT molecular complexity index is 415. The average Bonchev–Trinajstić information content (AvgIpc) is 2.60. The van der Waals surface area contributed by atoms with Gasteiger partial charge in [-0.15, -0.1) is 0 Å². The topological polar surface area (TPSA) is 78.4 Å². The Hall–Kier alpha value is -1.36. The van der Waals surface area contributed by atoms with Gasteiger partial charge in [-0.25, -0.2) is 0 Å². The molecule has 1 aliphatic heterocycles. The molecule has 3 N–H and O–H groups in total. The molecule has 2 rings (SSSR count). The number of carboxylic acid groups (broad SMARTS) is 1. The Morgan fingerprint density at radius 2 is 1.80 bits per heavy atom. The Kier molecular flexibility index (Phi) is 4.81. The van der Waals surface area contributed by atoms with E-state index in [0.29, 0.717) is 12.8 Å². The highest BCUT2D eigenvalue weighted by Gasteiger charge is 2.39. The van der Waals surface area contributed by atoms with Crippen molar-refractivity contribution >= 4 is 11.9 Å². The minimum atomic E-state index is -0.769. The normalized spacial score (nSPS) is 21.6. The SMILES string of the molecule is CC(C(=O)NCC1(C(=O)O)CCCCCC1)=C1CNC1. The van der Waals surface area contributed by atoms with Gasteiger partial charge in [0.2, 0.25) is 5.91 Å². The highest BCUT2D eigenvalue weighted by molar-refractivity contribution is 5.94. The third-order valence-corrected chi connectivity index (χ3v) is 4.65. The van der Waals surface area contributed by atoms with Crippen LogP contribution < -0.4 is 10.6 Å². The molecule has 5 nitrogen and oxygen atoms in total. The third-order valence-electron chi connectivity index (χ3n) is 4.65. The number of carbonyl (C=O) groups excluding carboxylic acids is 1. The maximum atomic E-state index is 12.1. The Labute approximate surface area is 119 Å². The molecule has 2 aliphatic rings. The van der Waals surface area contributed by atoms with E-state index in [0.717, 1.165) is 49.9 Å². The molecule has 112 valence electrons. The van der Waals surface area contributed by atoms with Crippen molar-refractivity contribution in [1.82, 2.24) is 10.6 Å². The first kappa shape index (κ1) is 15.0. The summed E-state index contributed by atoms with van der Waals surface area (Å²) in [6.07, 6.45) is 5.40. The van der Waals surface area contributed by atoms with Crippen molar-refractivity contribution in [3.05, 3.63) is 11.1 Å². The van der Waals surface area contributed by atoms with Crippen LogP contribution in [-0.2, 0) is 9.59 Å². The Morgan fingerprint density at radius 3 is 2.25 bits per heavy atom. The van der Waals surface area contributed by atoms with Gasteiger partial charge in [0.1, 0.15) is 0 Å². The van der Waals surface area contributed by atoms with Gasteiger partial charge in [0.15, 0.2) is 0 Å². The number of amides is 1. The molecule has 1 saturated carbocycles. The van der Waals surface area contributed by atoms with Gasteiger partial charge in [-0.05, 0) is 25.3 Å². The highest BCUT2D eigenvalue weighted by atomic mass is 16.4. The molecule has 0 spiro atoms. The largest absolute Gasteiger partial charge is 0.481 e. The van der Waals surface area contributed by atoms with Gasteiger partial charge in [0.25, 0.3) is 0 Å². The Balaban J connectivity index is 1.98. The molecule has 1 heterocycles. The maximum absolute atomic E-state index is 12.1. The van der Waals surface area contributed by atoms with E-state index < -0.39 is 11.4 Å². The van der Waals surface area contributed by atoms with Crippen LogP contribution in [0.2, 0.25) is 0 Å². The first-order chi connectivity index (χ1) is 9.55. The zero-order chi connectivity index (χ0) is 14.6. The van der Waals surface area contributed by atoms with E-state index in [1.54, 1.807) is 0 Å². The molecule has 0 unspecified atom stereocenters. The number of nitrogens with one attached hydrogen (secondary N) is 2. The lowest BCUT2D eigenvalue weighted by atomic mass is 9.80. The van der Waals surface area contributed by atoms with Crippen LogP contribution in [0.15, 0.2) is 11.1 Å². The van der Waals surface area contributed by atoms with E-state index in [-0.39, 0.29) is 12.5 Å². The van der Waals surface area contributed by atoms with E-state index in [1.807, 2.05) is 6.92 Å². The maximum Gasteiger partial charge on any atom is 0.311 e. The molecule has 0 atom stereocenters. The summed E-state index contributed by atoms with van der Waals surface area (Å²) in [5.74, 6) is -0.887. The van der Waals surface area contributed by atoms with Crippen LogP contribution in [0.25, 0.3) is 0 Å². The summed E-state index contributed by atoms with van der Waals surface area (Å²) in [5, 5.41) is 15.5. The molecular weight excluding hydrogens is 256 g/mol. The van der Waals surface area contributed by atoms with E-state index in [4.69, 9.17) is 0 Å². The quantitative estimate of drug-likeness (QED) is 0.538. The smallest absolute Gasteiger partial charge is 0.311 e. The minimum absolute atomic E-state index is 0.119. The van der Waals surface area contributed by atoms with E-state index >= 15 is 0 Å². The van der Waals surface area contributed by atoms with Gasteiger partial charge >= 0.3 is 5.97 Å². The Morgan fingerprint density at radius 1 is 1.20 bits per heavy atom. The van der Waals surface area contributed by atoms with E-state index in [1.165, 1.54) is 0 Å². The molecular formula is C15H24N2O3. The molecule has 5 heteroatoms. The lowest BCUT2D eigenvalue weighted by Crippen LogP contribution is -2.44. The summed E-state index contributed by atoms with van der Waals surface area (Å²) in [6.45, 7) is 3.60. The zero-order valence-electron chi connectivity index (χ0n) is 12.1. The first-order valence-electron chi connectivity index (χ1n) is 7.46. The van der Waals surface area contributed by atoms with Crippen LogP contribution in [0.5, 0.6) is 0 Å². The molecule has 0 aromatic carbocycles. The van der Waals surface area contributed by atoms with Gasteiger partial charge in [0, 0.05) is 25.2 Å².